The van der Waals surface area contributed by atoms with Gasteiger partial charge in [0.15, 0.2) is 5.69 Å². The number of aromatic nitrogens is 1. The maximum absolute atomic E-state index is 13.9. The summed E-state index contributed by atoms with van der Waals surface area (Å²) >= 11 is 1.62. The summed E-state index contributed by atoms with van der Waals surface area (Å²) < 4.78 is 0. The largest absolute Gasteiger partial charge is 0.476 e. The Morgan fingerprint density at radius 1 is 1.00 bits per heavy atom. The van der Waals surface area contributed by atoms with Gasteiger partial charge in [-0.2, -0.15) is 0 Å². The molecule has 0 aliphatic carbocycles. The van der Waals surface area contributed by atoms with Crippen LogP contribution >= 0.6 is 11.3 Å². The van der Waals surface area contributed by atoms with Crippen molar-refractivity contribution in [3.8, 4) is 21.6 Å². The minimum Gasteiger partial charge on any atom is -0.476 e. The molecular weight excluding hydrogens is 550 g/mol. The number of carboxylic acids is 1. The van der Waals surface area contributed by atoms with Gasteiger partial charge in [-0.15, -0.1) is 11.3 Å². The van der Waals surface area contributed by atoms with Crippen molar-refractivity contribution in [1.82, 2.24) is 10.3 Å². The van der Waals surface area contributed by atoms with E-state index in [0.29, 0.717) is 29.9 Å². The SMILES string of the molecule is CCCNC(=O)c1ccc(-c2cc3c(cc2C(=O)Nc2ccc(CN)cc2)-c2sccc2CCN3CC)c(C(=O)O)n1. The van der Waals surface area contributed by atoms with Crippen molar-refractivity contribution >= 4 is 40.5 Å². The van der Waals surface area contributed by atoms with Crippen LogP contribution in [0.4, 0.5) is 11.4 Å². The molecule has 9 nitrogen and oxygen atoms in total. The molecular formula is C32H33N5O4S. The second-order valence-corrected chi connectivity index (χ2v) is 10.9. The molecule has 0 bridgehead atoms. The number of anilines is 2. The third-order valence-electron chi connectivity index (χ3n) is 7.35. The maximum atomic E-state index is 13.9. The number of aromatic carboxylic acids is 1. The molecule has 0 fully saturated rings. The Kier molecular flexibility index (Phi) is 8.65. The smallest absolute Gasteiger partial charge is 0.355 e. The Balaban J connectivity index is 1.70. The zero-order chi connectivity index (χ0) is 29.8. The lowest BCUT2D eigenvalue weighted by molar-refractivity contribution is 0.0691. The van der Waals surface area contributed by atoms with E-state index in [9.17, 15) is 19.5 Å². The Morgan fingerprint density at radius 3 is 2.48 bits per heavy atom. The van der Waals surface area contributed by atoms with Crippen molar-refractivity contribution in [2.45, 2.75) is 33.2 Å². The topological polar surface area (TPSA) is 138 Å². The molecule has 216 valence electrons. The van der Waals surface area contributed by atoms with Gasteiger partial charge in [-0.05, 0) is 84.3 Å². The fourth-order valence-corrected chi connectivity index (χ4v) is 6.11. The average molecular weight is 584 g/mol. The van der Waals surface area contributed by atoms with Gasteiger partial charge in [-0.1, -0.05) is 19.1 Å². The highest BCUT2D eigenvalue weighted by Crippen LogP contribution is 2.44. The predicted octanol–water partition coefficient (Wildman–Crippen LogP) is 5.41. The second kappa shape index (κ2) is 12.5. The molecule has 5 N–H and O–H groups in total. The summed E-state index contributed by atoms with van der Waals surface area (Å²) in [6.45, 7) is 6.35. The fraction of sp³-hybridized carbons (Fsp3) is 0.250. The van der Waals surface area contributed by atoms with Crippen molar-refractivity contribution in [1.29, 1.82) is 0 Å². The van der Waals surface area contributed by atoms with Crippen LogP contribution in [0.5, 0.6) is 0 Å². The summed E-state index contributed by atoms with van der Waals surface area (Å²) in [7, 11) is 0. The normalized spacial score (nSPS) is 12.2. The number of benzene rings is 2. The van der Waals surface area contributed by atoms with Gasteiger partial charge in [-0.25, -0.2) is 9.78 Å². The van der Waals surface area contributed by atoms with Crippen molar-refractivity contribution in [3.05, 3.63) is 88.1 Å². The molecule has 42 heavy (non-hydrogen) atoms. The number of nitrogens with two attached hydrogens (primary N) is 1. The molecule has 10 heteroatoms. The van der Waals surface area contributed by atoms with Crippen LogP contribution in [-0.4, -0.2) is 47.5 Å². The minimum atomic E-state index is -1.29. The van der Waals surface area contributed by atoms with E-state index in [0.717, 1.165) is 47.6 Å². The monoisotopic (exact) mass is 583 g/mol. The molecule has 2 amide bonds. The fourth-order valence-electron chi connectivity index (χ4n) is 5.13. The highest BCUT2D eigenvalue weighted by molar-refractivity contribution is 7.13. The van der Waals surface area contributed by atoms with E-state index < -0.39 is 11.9 Å². The van der Waals surface area contributed by atoms with Crippen molar-refractivity contribution < 1.29 is 19.5 Å². The van der Waals surface area contributed by atoms with Gasteiger partial charge < -0.3 is 26.4 Å². The molecule has 0 radical (unpaired) electrons. The van der Waals surface area contributed by atoms with E-state index in [2.05, 4.69) is 38.9 Å². The van der Waals surface area contributed by atoms with E-state index >= 15 is 0 Å². The molecule has 0 saturated carbocycles. The highest BCUT2D eigenvalue weighted by atomic mass is 32.1. The van der Waals surface area contributed by atoms with Crippen LogP contribution in [0.3, 0.4) is 0 Å². The standard InChI is InChI=1S/C32H33N5O4S/c1-3-13-34-31(39)26-10-9-22(28(36-26)32(40)41)23-17-27-25(29-20(12-15-42-29)11-14-37(27)4-2)16-24(23)30(38)35-21-7-5-19(18-33)6-8-21/h5-10,12,15-17H,3-4,11,13-14,18,33H2,1-2H3,(H,34,39)(H,35,38)(H,40,41). The van der Waals surface area contributed by atoms with Gasteiger partial charge in [0, 0.05) is 59.1 Å². The Morgan fingerprint density at radius 2 is 1.79 bits per heavy atom. The lowest BCUT2D eigenvalue weighted by Gasteiger charge is -2.25. The highest BCUT2D eigenvalue weighted by Gasteiger charge is 2.27. The summed E-state index contributed by atoms with van der Waals surface area (Å²) in [5.41, 5.74) is 11.0. The summed E-state index contributed by atoms with van der Waals surface area (Å²) in [6.07, 6.45) is 1.59. The van der Waals surface area contributed by atoms with E-state index in [1.54, 1.807) is 29.5 Å². The van der Waals surface area contributed by atoms with Gasteiger partial charge in [0.2, 0.25) is 0 Å². The Labute approximate surface area is 248 Å². The maximum Gasteiger partial charge on any atom is 0.355 e. The first kappa shape index (κ1) is 29.0. The Hall–Kier alpha value is -4.54. The van der Waals surface area contributed by atoms with Crippen LogP contribution in [-0.2, 0) is 13.0 Å². The summed E-state index contributed by atoms with van der Waals surface area (Å²) in [5.74, 6) is -2.13. The van der Waals surface area contributed by atoms with Crippen LogP contribution in [0.15, 0.2) is 60.0 Å². The van der Waals surface area contributed by atoms with Crippen LogP contribution in [0.1, 0.15) is 62.7 Å². The first-order valence-corrected chi connectivity index (χ1v) is 14.9. The third-order valence-corrected chi connectivity index (χ3v) is 8.34. The number of carbonyl (C=O) groups is 3. The van der Waals surface area contributed by atoms with Crippen LogP contribution in [0.2, 0.25) is 0 Å². The van der Waals surface area contributed by atoms with Crippen molar-refractivity contribution in [3.63, 3.8) is 0 Å². The molecule has 3 heterocycles. The van der Waals surface area contributed by atoms with Gasteiger partial charge >= 0.3 is 5.97 Å². The van der Waals surface area contributed by atoms with E-state index in [1.165, 1.54) is 11.6 Å². The van der Waals surface area contributed by atoms with Crippen LogP contribution in [0.25, 0.3) is 21.6 Å². The number of carbonyl (C=O) groups excluding carboxylic acids is 2. The van der Waals surface area contributed by atoms with Crippen molar-refractivity contribution in [2.75, 3.05) is 29.9 Å². The number of nitrogens with one attached hydrogen (secondary N) is 2. The first-order valence-electron chi connectivity index (χ1n) is 14.0. The quantitative estimate of drug-likeness (QED) is 0.207. The molecule has 1 aliphatic heterocycles. The van der Waals surface area contributed by atoms with Crippen molar-refractivity contribution in [2.24, 2.45) is 5.73 Å². The van der Waals surface area contributed by atoms with Gasteiger partial charge in [0.05, 0.1) is 0 Å². The lowest BCUT2D eigenvalue weighted by atomic mass is 9.92. The number of hydrogen-bond acceptors (Lipinski definition) is 7. The predicted molar refractivity (Wildman–Crippen MR) is 166 cm³/mol. The summed E-state index contributed by atoms with van der Waals surface area (Å²) in [5, 5.41) is 17.9. The number of likely N-dealkylation sites (N-methyl/N-ethyl adjacent to an activating group) is 1. The lowest BCUT2D eigenvalue weighted by Crippen LogP contribution is -2.26. The number of carboxylic acid groups (broad SMARTS) is 1. The number of hydrogen-bond donors (Lipinski definition) is 4. The number of rotatable bonds is 9. The van der Waals surface area contributed by atoms with E-state index in [4.69, 9.17) is 5.73 Å². The van der Waals surface area contributed by atoms with Gasteiger partial charge in [-0.3, -0.25) is 9.59 Å². The number of thiophene rings is 1. The molecule has 4 aromatic rings. The first-order chi connectivity index (χ1) is 20.3. The zero-order valence-electron chi connectivity index (χ0n) is 23.6. The average Bonchev–Trinajstić information content (AvgIpc) is 3.42. The molecule has 0 atom stereocenters. The minimum absolute atomic E-state index is 0.00349. The van der Waals surface area contributed by atoms with Crippen LogP contribution < -0.4 is 21.3 Å². The Bertz CT molecular complexity index is 1650. The summed E-state index contributed by atoms with van der Waals surface area (Å²) in [4.78, 5) is 46.6. The molecule has 5 rings (SSSR count). The zero-order valence-corrected chi connectivity index (χ0v) is 24.4. The summed E-state index contributed by atoms with van der Waals surface area (Å²) in [6, 6.07) is 16.2. The van der Waals surface area contributed by atoms with Gasteiger partial charge in [0.1, 0.15) is 5.69 Å². The van der Waals surface area contributed by atoms with Crippen LogP contribution in [0, 0.1) is 0 Å². The molecule has 0 unspecified atom stereocenters. The molecule has 2 aromatic carbocycles. The third kappa shape index (κ3) is 5.77. The number of fused-ring (bicyclic) bond motifs is 3. The second-order valence-electron chi connectivity index (χ2n) is 10.0. The molecule has 0 saturated heterocycles. The molecule has 0 spiro atoms. The number of nitrogens with zero attached hydrogens (tertiary/aromatic N) is 2. The number of pyridine rings is 1. The van der Waals surface area contributed by atoms with E-state index in [-0.39, 0.29) is 22.9 Å². The molecule has 2 aromatic heterocycles. The van der Waals surface area contributed by atoms with Gasteiger partial charge in [0.25, 0.3) is 11.8 Å². The molecule has 1 aliphatic rings. The number of amides is 2. The van der Waals surface area contributed by atoms with E-state index in [1.807, 2.05) is 31.2 Å².